The van der Waals surface area contributed by atoms with Gasteiger partial charge in [-0.3, -0.25) is 9.59 Å². The van der Waals surface area contributed by atoms with Crippen molar-refractivity contribution in [2.75, 3.05) is 0 Å². The molecule has 5 aromatic rings. The molecule has 0 bridgehead atoms. The summed E-state index contributed by atoms with van der Waals surface area (Å²) in [5, 5.41) is 3.90. The van der Waals surface area contributed by atoms with E-state index in [0.29, 0.717) is 24.1 Å². The Hall–Kier alpha value is -3.47. The van der Waals surface area contributed by atoms with Gasteiger partial charge in [0, 0.05) is 34.6 Å². The molecule has 0 aliphatic carbocycles. The number of hydrogen-bond donors (Lipinski definition) is 0. The Labute approximate surface area is 287 Å². The van der Waals surface area contributed by atoms with E-state index in [1.807, 2.05) is 9.13 Å². The van der Waals surface area contributed by atoms with Crippen LogP contribution in [0.15, 0.2) is 52.1 Å². The number of rotatable bonds is 20. The summed E-state index contributed by atoms with van der Waals surface area (Å²) >= 11 is 0. The van der Waals surface area contributed by atoms with Crippen LogP contribution in [0.5, 0.6) is 0 Å². The monoisotopic (exact) mass is 649 g/mol. The molecule has 0 fully saturated rings. The largest absolute Gasteiger partial charge is 0.306 e. The number of fused-ring (bicyclic) bond motifs is 6. The molecule has 0 radical (unpaired) electrons. The van der Waals surface area contributed by atoms with Crippen LogP contribution >= 0.6 is 0 Å². The minimum absolute atomic E-state index is 0.0785. The molecule has 0 amide bonds. The van der Waals surface area contributed by atoms with Crippen LogP contribution in [0.1, 0.15) is 142 Å². The van der Waals surface area contributed by atoms with Crippen LogP contribution in [0.25, 0.3) is 43.6 Å². The van der Waals surface area contributed by atoms with Crippen molar-refractivity contribution in [3.8, 4) is 0 Å². The summed E-state index contributed by atoms with van der Waals surface area (Å²) in [6.45, 7) is 10.3. The summed E-state index contributed by atoms with van der Waals surface area (Å²) in [5.74, 6) is 0. The fourth-order valence-corrected chi connectivity index (χ4v) is 7.45. The molecule has 0 aliphatic rings. The molecule has 5 nitrogen and oxygen atoms in total. The highest BCUT2D eigenvalue weighted by Crippen LogP contribution is 2.31. The Bertz CT molecular complexity index is 1800. The molecule has 48 heavy (non-hydrogen) atoms. The lowest BCUT2D eigenvalue weighted by Gasteiger charge is -2.17. The first kappa shape index (κ1) is 35.8. The van der Waals surface area contributed by atoms with Crippen molar-refractivity contribution in [1.82, 2.24) is 14.1 Å². The maximum absolute atomic E-state index is 14.3. The number of nitrogens with zero attached hydrogens (tertiary/aromatic N) is 3. The van der Waals surface area contributed by atoms with Crippen LogP contribution in [0, 0.1) is 0 Å². The Morgan fingerprint density at radius 1 is 0.458 bits per heavy atom. The highest BCUT2D eigenvalue weighted by Gasteiger charge is 2.19. The van der Waals surface area contributed by atoms with E-state index in [1.54, 1.807) is 0 Å². The third-order valence-electron chi connectivity index (χ3n) is 10.3. The summed E-state index contributed by atoms with van der Waals surface area (Å²) in [6, 6.07) is 15.5. The van der Waals surface area contributed by atoms with Gasteiger partial charge in [0.1, 0.15) is 11.0 Å². The molecule has 0 N–H and O–H groups in total. The molecule has 2 aromatic carbocycles. The molecule has 0 aliphatic heterocycles. The normalized spacial score (nSPS) is 11.9. The first-order valence-electron chi connectivity index (χ1n) is 19.5. The van der Waals surface area contributed by atoms with Crippen molar-refractivity contribution < 1.29 is 0 Å². The molecule has 0 unspecified atom stereocenters. The van der Waals surface area contributed by atoms with E-state index in [4.69, 9.17) is 4.98 Å². The second-order valence-electron chi connectivity index (χ2n) is 14.1. The summed E-state index contributed by atoms with van der Waals surface area (Å²) < 4.78 is 3.87. The lowest BCUT2D eigenvalue weighted by Crippen LogP contribution is -2.25. The summed E-state index contributed by atoms with van der Waals surface area (Å²) in [4.78, 5) is 33.7. The molecule has 0 atom stereocenters. The number of aromatic nitrogens is 3. The van der Waals surface area contributed by atoms with E-state index in [-0.39, 0.29) is 11.1 Å². The predicted octanol–water partition coefficient (Wildman–Crippen LogP) is 11.4. The van der Waals surface area contributed by atoms with E-state index in [2.05, 4.69) is 70.2 Å². The number of pyridine rings is 3. The number of aryl methyl sites for hydroxylation is 4. The first-order chi connectivity index (χ1) is 23.5. The van der Waals surface area contributed by atoms with Crippen molar-refractivity contribution in [2.24, 2.45) is 0 Å². The Morgan fingerprint density at radius 2 is 0.854 bits per heavy atom. The second-order valence-corrected chi connectivity index (χ2v) is 14.1. The standard InChI is InChI=1S/C43H59N3O2/c1-5-9-13-17-21-32-23-25-38-34(29-32)36-31-37-35-30-33(22-18-14-10-6-2)24-26-39(35)46(28-20-16-12-8-4)43(48)41(37)44-40(36)42(47)45(38)27-19-15-11-7-3/h23-26,29-31H,5-22,27-28H2,1-4H3. The highest BCUT2D eigenvalue weighted by molar-refractivity contribution is 6.13. The fraction of sp³-hybridized carbons (Fsp3) is 0.558. The topological polar surface area (TPSA) is 56.9 Å². The number of hydrogen-bond acceptors (Lipinski definition) is 3. The van der Waals surface area contributed by atoms with Crippen molar-refractivity contribution >= 4 is 43.6 Å². The van der Waals surface area contributed by atoms with Crippen molar-refractivity contribution in [3.05, 3.63) is 74.3 Å². The van der Waals surface area contributed by atoms with Crippen LogP contribution in [-0.2, 0) is 25.9 Å². The molecular formula is C43H59N3O2. The predicted molar refractivity (Wildman–Crippen MR) is 207 cm³/mol. The van der Waals surface area contributed by atoms with Gasteiger partial charge in [-0.15, -0.1) is 0 Å². The van der Waals surface area contributed by atoms with E-state index < -0.39 is 0 Å². The second kappa shape index (κ2) is 17.8. The maximum atomic E-state index is 14.3. The Morgan fingerprint density at radius 3 is 1.25 bits per heavy atom. The molecule has 3 aromatic heterocycles. The van der Waals surface area contributed by atoms with E-state index in [0.717, 1.165) is 96.8 Å². The van der Waals surface area contributed by atoms with E-state index >= 15 is 0 Å². The van der Waals surface area contributed by atoms with Crippen molar-refractivity contribution in [1.29, 1.82) is 0 Å². The molecule has 258 valence electrons. The van der Waals surface area contributed by atoms with Crippen molar-refractivity contribution in [2.45, 2.75) is 156 Å². The average Bonchev–Trinajstić information content (AvgIpc) is 3.11. The minimum atomic E-state index is -0.0785. The summed E-state index contributed by atoms with van der Waals surface area (Å²) in [5.41, 5.74) is 5.27. The van der Waals surface area contributed by atoms with E-state index in [9.17, 15) is 9.59 Å². The molecule has 5 heteroatoms. The summed E-state index contributed by atoms with van der Waals surface area (Å²) in [7, 11) is 0. The van der Waals surface area contributed by atoms with Gasteiger partial charge < -0.3 is 9.13 Å². The molecule has 0 saturated heterocycles. The smallest absolute Gasteiger partial charge is 0.277 e. The first-order valence-corrected chi connectivity index (χ1v) is 19.5. The Kier molecular flexibility index (Phi) is 13.3. The van der Waals surface area contributed by atoms with Gasteiger partial charge in [0.05, 0.1) is 11.0 Å². The molecular weight excluding hydrogens is 590 g/mol. The van der Waals surface area contributed by atoms with Gasteiger partial charge in [0.25, 0.3) is 11.1 Å². The highest BCUT2D eigenvalue weighted by atomic mass is 16.1. The molecule has 5 rings (SSSR count). The van der Waals surface area contributed by atoms with E-state index in [1.165, 1.54) is 62.5 Å². The number of benzene rings is 2. The van der Waals surface area contributed by atoms with Crippen LogP contribution < -0.4 is 11.1 Å². The third kappa shape index (κ3) is 8.21. The fourth-order valence-electron chi connectivity index (χ4n) is 7.45. The zero-order chi connectivity index (χ0) is 33.9. The van der Waals surface area contributed by atoms with Gasteiger partial charge in [-0.25, -0.2) is 4.98 Å². The lowest BCUT2D eigenvalue weighted by atomic mass is 9.98. The van der Waals surface area contributed by atoms with Gasteiger partial charge in [-0.2, -0.15) is 0 Å². The third-order valence-corrected chi connectivity index (χ3v) is 10.3. The zero-order valence-electron chi connectivity index (χ0n) is 30.3. The van der Waals surface area contributed by atoms with Gasteiger partial charge in [0.15, 0.2) is 0 Å². The molecule has 0 saturated carbocycles. The van der Waals surface area contributed by atoms with Crippen LogP contribution in [0.4, 0.5) is 0 Å². The van der Waals surface area contributed by atoms with Crippen molar-refractivity contribution in [3.63, 3.8) is 0 Å². The SMILES string of the molecule is CCCCCCc1ccc2c(c1)c1cc3c(nc1c(=O)n2CCCCCC)c(=O)n(CCCCCC)c1ccc(CCCCCC)cc31. The van der Waals surface area contributed by atoms with Gasteiger partial charge >= 0.3 is 0 Å². The lowest BCUT2D eigenvalue weighted by molar-refractivity contribution is 0.583. The van der Waals surface area contributed by atoms with Crippen LogP contribution in [0.3, 0.4) is 0 Å². The zero-order valence-corrected chi connectivity index (χ0v) is 30.3. The van der Waals surface area contributed by atoms with Gasteiger partial charge in [-0.05, 0) is 80.0 Å². The summed E-state index contributed by atoms with van der Waals surface area (Å²) in [6.07, 6.45) is 20.5. The van der Waals surface area contributed by atoms with Crippen LogP contribution in [0.2, 0.25) is 0 Å². The number of unbranched alkanes of at least 4 members (excludes halogenated alkanes) is 12. The minimum Gasteiger partial charge on any atom is -0.306 e. The quantitative estimate of drug-likeness (QED) is 0.0479. The molecule has 0 spiro atoms. The van der Waals surface area contributed by atoms with Gasteiger partial charge in [0.2, 0.25) is 0 Å². The average molecular weight is 650 g/mol. The molecule has 3 heterocycles. The van der Waals surface area contributed by atoms with Crippen LogP contribution in [-0.4, -0.2) is 14.1 Å². The maximum Gasteiger partial charge on any atom is 0.277 e. The van der Waals surface area contributed by atoms with Gasteiger partial charge in [-0.1, -0.05) is 117 Å². The Balaban J connectivity index is 1.74.